The van der Waals surface area contributed by atoms with Crippen molar-refractivity contribution in [2.24, 2.45) is 15.3 Å². The van der Waals surface area contributed by atoms with Crippen LogP contribution in [-0.2, 0) is 19.7 Å². The second-order valence-electron chi connectivity index (χ2n) is 8.89. The molecule has 0 bridgehead atoms. The van der Waals surface area contributed by atoms with Crippen molar-refractivity contribution in [3.63, 3.8) is 0 Å². The molecule has 11 nitrogen and oxygen atoms in total. The van der Waals surface area contributed by atoms with Crippen LogP contribution in [0, 0.1) is 0 Å². The highest BCUT2D eigenvalue weighted by Crippen LogP contribution is 2.35. The number of hydrazone groups is 1. The van der Waals surface area contributed by atoms with Crippen molar-refractivity contribution in [1.82, 2.24) is 0 Å². The van der Waals surface area contributed by atoms with Crippen LogP contribution >= 0.6 is 0 Å². The van der Waals surface area contributed by atoms with Crippen LogP contribution in [0.5, 0.6) is 0 Å². The second-order valence-corrected chi connectivity index (χ2v) is 10.3. The molecule has 0 heterocycles. The molecule has 12 heteroatoms. The number of nitrogens with zero attached hydrogens (tertiary/aromatic N) is 3. The van der Waals surface area contributed by atoms with E-state index in [0.29, 0.717) is 39.2 Å². The molecule has 0 saturated heterocycles. The van der Waals surface area contributed by atoms with Gasteiger partial charge < -0.3 is 10.8 Å². The van der Waals surface area contributed by atoms with Crippen LogP contribution in [0.25, 0.3) is 21.9 Å². The Hall–Kier alpha value is -5.46. The highest BCUT2D eigenvalue weighted by molar-refractivity contribution is 7.85. The van der Waals surface area contributed by atoms with E-state index in [1.807, 2.05) is 36.4 Å². The molecule has 0 spiro atoms. The van der Waals surface area contributed by atoms with E-state index in [2.05, 4.69) is 20.8 Å². The molecule has 4 aromatic rings. The maximum atomic E-state index is 11.6. The fourth-order valence-corrected chi connectivity index (χ4v) is 4.55. The summed E-state index contributed by atoms with van der Waals surface area (Å²) in [6.45, 7) is 0. The normalized spacial score (nSPS) is 14.5. The maximum absolute atomic E-state index is 11.6. The molecule has 41 heavy (non-hydrogen) atoms. The molecule has 4 aromatic carbocycles. The van der Waals surface area contributed by atoms with E-state index in [0.717, 1.165) is 17.2 Å². The van der Waals surface area contributed by atoms with Crippen molar-refractivity contribution >= 4 is 61.1 Å². The number of rotatable bonds is 7. The van der Waals surface area contributed by atoms with E-state index < -0.39 is 21.9 Å². The highest BCUT2D eigenvalue weighted by Gasteiger charge is 2.18. The zero-order valence-electron chi connectivity index (χ0n) is 21.1. The molecule has 0 radical (unpaired) electrons. The number of fused-ring (bicyclic) bond motifs is 1. The summed E-state index contributed by atoms with van der Waals surface area (Å²) in [4.78, 5) is 22.5. The number of nitrogen functional groups attached to an aromatic ring is 1. The lowest BCUT2D eigenvalue weighted by Crippen LogP contribution is -2.15. The number of ketones is 1. The van der Waals surface area contributed by atoms with E-state index >= 15 is 0 Å². The van der Waals surface area contributed by atoms with Crippen LogP contribution in [0.4, 0.5) is 22.7 Å². The number of carbonyl (C=O) groups excluding carboxylic acids is 1. The summed E-state index contributed by atoms with van der Waals surface area (Å²) in [5.74, 6) is -1.89. The van der Waals surface area contributed by atoms with E-state index in [1.165, 1.54) is 30.4 Å². The molecule has 0 aromatic heterocycles. The standard InChI is InChI=1S/C29H21N5O6S/c30-26-13-5-19-15-23(41(38,39)40)11-12-24(19)28(26)34-32-21-8-3-18(4-9-21)17-1-6-20(7-2-17)31-33-22-10-14-27(35)25(16-22)29(36)37/h1-16,31H,30H2,(H,36,37)(H,38,39,40)/b33-22-,34-32?. The Kier molecular flexibility index (Phi) is 7.25. The Morgan fingerprint density at radius 2 is 1.54 bits per heavy atom. The molecule has 1 aliphatic rings. The number of allylic oxidation sites excluding steroid dienone is 3. The zero-order valence-corrected chi connectivity index (χ0v) is 21.9. The maximum Gasteiger partial charge on any atom is 0.339 e. The van der Waals surface area contributed by atoms with Gasteiger partial charge in [-0.3, -0.25) is 14.8 Å². The van der Waals surface area contributed by atoms with Crippen molar-refractivity contribution in [2.75, 3.05) is 11.2 Å². The van der Waals surface area contributed by atoms with Crippen molar-refractivity contribution in [3.8, 4) is 11.1 Å². The summed E-state index contributed by atoms with van der Waals surface area (Å²) in [5.41, 5.74) is 12.7. The summed E-state index contributed by atoms with van der Waals surface area (Å²) in [6, 6.07) is 22.1. The summed E-state index contributed by atoms with van der Waals surface area (Å²) in [7, 11) is -4.34. The van der Waals surface area contributed by atoms with Crippen molar-refractivity contribution in [2.45, 2.75) is 4.90 Å². The SMILES string of the molecule is Nc1ccc2cc(S(=O)(=O)O)ccc2c1N=Nc1ccc(-c2ccc(N/N=C3/C=CC(=O)C(C(=O)O)=C3)cc2)cc1. The van der Waals surface area contributed by atoms with Gasteiger partial charge in [-0.1, -0.05) is 36.4 Å². The van der Waals surface area contributed by atoms with Gasteiger partial charge in [0.15, 0.2) is 5.78 Å². The summed E-state index contributed by atoms with van der Waals surface area (Å²) < 4.78 is 32.2. The van der Waals surface area contributed by atoms with E-state index in [1.54, 1.807) is 24.3 Å². The number of benzene rings is 4. The first-order valence-corrected chi connectivity index (χ1v) is 13.5. The van der Waals surface area contributed by atoms with Gasteiger partial charge in [-0.15, -0.1) is 5.11 Å². The van der Waals surface area contributed by atoms with Gasteiger partial charge in [-0.05, 0) is 77.2 Å². The molecule has 0 fully saturated rings. The summed E-state index contributed by atoms with van der Waals surface area (Å²) in [5, 5.41) is 22.9. The number of carbonyl (C=O) groups is 2. The van der Waals surface area contributed by atoms with Crippen molar-refractivity contribution < 1.29 is 27.7 Å². The van der Waals surface area contributed by atoms with Gasteiger partial charge in [0.1, 0.15) is 11.3 Å². The van der Waals surface area contributed by atoms with Crippen molar-refractivity contribution in [3.05, 3.63) is 103 Å². The molecule has 5 N–H and O–H groups in total. The molecular formula is C29H21N5O6S. The van der Waals surface area contributed by atoms with Crippen LogP contribution in [0.1, 0.15) is 0 Å². The number of nitrogens with two attached hydrogens (primary N) is 1. The third kappa shape index (κ3) is 6.08. The van der Waals surface area contributed by atoms with Crippen LogP contribution in [0.3, 0.4) is 0 Å². The van der Waals surface area contributed by atoms with Gasteiger partial charge in [0.25, 0.3) is 10.1 Å². The number of anilines is 2. The second kappa shape index (κ2) is 11.0. The average molecular weight is 568 g/mol. The first-order valence-electron chi connectivity index (χ1n) is 12.0. The third-order valence-electron chi connectivity index (χ3n) is 6.15. The molecular weight excluding hydrogens is 546 g/mol. The van der Waals surface area contributed by atoms with Gasteiger partial charge in [-0.2, -0.15) is 18.6 Å². The molecule has 0 aliphatic heterocycles. The zero-order chi connectivity index (χ0) is 29.1. The predicted octanol–water partition coefficient (Wildman–Crippen LogP) is 5.67. The number of aliphatic carboxylic acids is 1. The smallest absolute Gasteiger partial charge is 0.339 e. The van der Waals surface area contributed by atoms with Crippen LogP contribution in [0.2, 0.25) is 0 Å². The molecule has 0 saturated carbocycles. The van der Waals surface area contributed by atoms with Crippen LogP contribution < -0.4 is 11.2 Å². The predicted molar refractivity (Wildman–Crippen MR) is 155 cm³/mol. The van der Waals surface area contributed by atoms with E-state index in [9.17, 15) is 22.6 Å². The summed E-state index contributed by atoms with van der Waals surface area (Å²) in [6.07, 6.45) is 3.80. The van der Waals surface area contributed by atoms with Crippen LogP contribution in [0.15, 0.2) is 123 Å². The minimum absolute atomic E-state index is 0.226. The largest absolute Gasteiger partial charge is 0.478 e. The fraction of sp³-hybridized carbons (Fsp3) is 0. The molecule has 1 aliphatic carbocycles. The Morgan fingerprint density at radius 1 is 0.854 bits per heavy atom. The van der Waals surface area contributed by atoms with Gasteiger partial charge in [0, 0.05) is 5.39 Å². The molecule has 0 atom stereocenters. The van der Waals surface area contributed by atoms with E-state index in [4.69, 9.17) is 10.8 Å². The number of carboxylic acids is 1. The van der Waals surface area contributed by atoms with Gasteiger partial charge >= 0.3 is 5.97 Å². The number of nitrogens with one attached hydrogen (secondary N) is 1. The Labute approximate surface area is 233 Å². The number of hydrogen-bond donors (Lipinski definition) is 4. The van der Waals surface area contributed by atoms with E-state index in [-0.39, 0.29) is 10.5 Å². The average Bonchev–Trinajstić information content (AvgIpc) is 2.96. The quantitative estimate of drug-likeness (QED) is 0.0549. The minimum Gasteiger partial charge on any atom is -0.478 e. The third-order valence-corrected chi connectivity index (χ3v) is 7.00. The lowest BCUT2D eigenvalue weighted by Gasteiger charge is -2.07. The molecule has 5 rings (SSSR count). The topological polar surface area (TPSA) is 184 Å². The monoisotopic (exact) mass is 567 g/mol. The lowest BCUT2D eigenvalue weighted by molar-refractivity contribution is -0.134. The Balaban J connectivity index is 1.30. The minimum atomic E-state index is -4.34. The number of carboxylic acid groups (broad SMARTS) is 1. The fourth-order valence-electron chi connectivity index (χ4n) is 4.03. The van der Waals surface area contributed by atoms with Crippen molar-refractivity contribution in [1.29, 1.82) is 0 Å². The van der Waals surface area contributed by atoms with Crippen LogP contribution in [-0.4, -0.2) is 35.5 Å². The summed E-state index contributed by atoms with van der Waals surface area (Å²) >= 11 is 0. The molecule has 0 unspecified atom stereocenters. The molecule has 0 amide bonds. The highest BCUT2D eigenvalue weighted by atomic mass is 32.2. The number of hydrogen-bond acceptors (Lipinski definition) is 9. The Bertz CT molecular complexity index is 1930. The van der Waals surface area contributed by atoms with Gasteiger partial charge in [0.05, 0.1) is 27.7 Å². The van der Waals surface area contributed by atoms with Gasteiger partial charge in [-0.25, -0.2) is 4.79 Å². The first-order chi connectivity index (χ1) is 19.6. The first kappa shape index (κ1) is 27.1. The molecule has 204 valence electrons. The van der Waals surface area contributed by atoms with Gasteiger partial charge in [0.2, 0.25) is 0 Å². The lowest BCUT2D eigenvalue weighted by atomic mass is 10.0. The number of azo groups is 1. The Morgan fingerprint density at radius 3 is 2.20 bits per heavy atom.